The van der Waals surface area contributed by atoms with Gasteiger partial charge >= 0.3 is 0 Å². The van der Waals surface area contributed by atoms with Crippen molar-refractivity contribution in [3.63, 3.8) is 0 Å². The SMILES string of the molecule is CC1CCCC(NC(=O)c2cc(F)cc3[nH]cnc23)C1. The molecule has 0 spiro atoms. The van der Waals surface area contributed by atoms with Crippen LogP contribution >= 0.6 is 0 Å². The number of rotatable bonds is 2. The van der Waals surface area contributed by atoms with E-state index in [9.17, 15) is 9.18 Å². The van der Waals surface area contributed by atoms with E-state index in [1.165, 1.54) is 24.9 Å². The molecule has 3 rings (SSSR count). The maximum atomic E-state index is 13.5. The van der Waals surface area contributed by atoms with Crippen LogP contribution in [-0.4, -0.2) is 21.9 Å². The van der Waals surface area contributed by atoms with E-state index in [-0.39, 0.29) is 11.9 Å². The Morgan fingerprint density at radius 2 is 2.30 bits per heavy atom. The molecule has 106 valence electrons. The van der Waals surface area contributed by atoms with E-state index in [2.05, 4.69) is 22.2 Å². The predicted molar refractivity (Wildman–Crippen MR) is 74.9 cm³/mol. The van der Waals surface area contributed by atoms with Gasteiger partial charge in [-0.2, -0.15) is 0 Å². The average molecular weight is 275 g/mol. The second-order valence-corrected chi connectivity index (χ2v) is 5.69. The summed E-state index contributed by atoms with van der Waals surface area (Å²) in [5.74, 6) is -0.0309. The largest absolute Gasteiger partial charge is 0.349 e. The molecule has 1 fully saturated rings. The molecule has 20 heavy (non-hydrogen) atoms. The minimum absolute atomic E-state index is 0.184. The van der Waals surface area contributed by atoms with Crippen molar-refractivity contribution in [3.8, 4) is 0 Å². The first-order valence-electron chi connectivity index (χ1n) is 7.07. The minimum atomic E-state index is -0.427. The Hall–Kier alpha value is -1.91. The molecule has 1 aromatic carbocycles. The van der Waals surface area contributed by atoms with Crippen molar-refractivity contribution in [3.05, 3.63) is 29.8 Å². The lowest BCUT2D eigenvalue weighted by atomic mass is 9.87. The molecular formula is C15H18FN3O. The highest BCUT2D eigenvalue weighted by Gasteiger charge is 2.22. The second kappa shape index (κ2) is 5.23. The Bertz CT molecular complexity index is 637. The van der Waals surface area contributed by atoms with Crippen LogP contribution in [0.5, 0.6) is 0 Å². The van der Waals surface area contributed by atoms with Crippen molar-refractivity contribution < 1.29 is 9.18 Å². The van der Waals surface area contributed by atoms with Crippen molar-refractivity contribution in [2.24, 2.45) is 5.92 Å². The highest BCUT2D eigenvalue weighted by Crippen LogP contribution is 2.24. The fraction of sp³-hybridized carbons (Fsp3) is 0.467. The summed E-state index contributed by atoms with van der Waals surface area (Å²) in [4.78, 5) is 19.3. The zero-order valence-corrected chi connectivity index (χ0v) is 11.4. The number of fused-ring (bicyclic) bond motifs is 1. The molecule has 2 atom stereocenters. The zero-order valence-electron chi connectivity index (χ0n) is 11.4. The summed E-state index contributed by atoms with van der Waals surface area (Å²) in [6.45, 7) is 2.20. The first-order chi connectivity index (χ1) is 9.63. The quantitative estimate of drug-likeness (QED) is 0.885. The highest BCUT2D eigenvalue weighted by atomic mass is 19.1. The van der Waals surface area contributed by atoms with Crippen LogP contribution in [0.4, 0.5) is 4.39 Å². The van der Waals surface area contributed by atoms with Crippen LogP contribution in [0.3, 0.4) is 0 Å². The highest BCUT2D eigenvalue weighted by molar-refractivity contribution is 6.04. The normalized spacial score (nSPS) is 22.9. The third-order valence-corrected chi connectivity index (χ3v) is 4.00. The van der Waals surface area contributed by atoms with E-state index in [1.54, 1.807) is 0 Å². The number of nitrogens with one attached hydrogen (secondary N) is 2. The van der Waals surface area contributed by atoms with Crippen LogP contribution in [-0.2, 0) is 0 Å². The number of hydrogen-bond donors (Lipinski definition) is 2. The Morgan fingerprint density at radius 3 is 3.10 bits per heavy atom. The van der Waals surface area contributed by atoms with Gasteiger partial charge in [0.15, 0.2) is 0 Å². The molecule has 1 saturated carbocycles. The van der Waals surface area contributed by atoms with Gasteiger partial charge in [-0.1, -0.05) is 19.8 Å². The number of aromatic amines is 1. The lowest BCUT2D eigenvalue weighted by molar-refractivity contribution is 0.0922. The summed E-state index contributed by atoms with van der Waals surface area (Å²) in [5.41, 5.74) is 1.37. The standard InChI is InChI=1S/C15H18FN3O/c1-9-3-2-4-11(5-9)19-15(20)12-6-10(16)7-13-14(12)18-8-17-13/h6-9,11H,2-5H2,1H3,(H,17,18)(H,19,20). The van der Waals surface area contributed by atoms with Gasteiger partial charge < -0.3 is 10.3 Å². The van der Waals surface area contributed by atoms with Gasteiger partial charge in [0, 0.05) is 6.04 Å². The van der Waals surface area contributed by atoms with Crippen molar-refractivity contribution in [2.45, 2.75) is 38.6 Å². The fourth-order valence-electron chi connectivity index (χ4n) is 3.02. The first-order valence-corrected chi connectivity index (χ1v) is 7.07. The third kappa shape index (κ3) is 2.53. The Kier molecular flexibility index (Phi) is 3.42. The number of imidazole rings is 1. The molecule has 2 unspecified atom stereocenters. The number of amides is 1. The number of H-pyrrole nitrogens is 1. The van der Waals surface area contributed by atoms with Crippen LogP contribution in [0, 0.1) is 11.7 Å². The molecule has 2 aromatic rings. The van der Waals surface area contributed by atoms with Gasteiger partial charge in [0.05, 0.1) is 17.4 Å². The van der Waals surface area contributed by atoms with E-state index in [1.807, 2.05) is 0 Å². The molecule has 1 aromatic heterocycles. The van der Waals surface area contributed by atoms with E-state index in [4.69, 9.17) is 0 Å². The number of nitrogens with zero attached hydrogens (tertiary/aromatic N) is 1. The monoisotopic (exact) mass is 275 g/mol. The third-order valence-electron chi connectivity index (χ3n) is 4.00. The van der Waals surface area contributed by atoms with Gasteiger partial charge in [0.2, 0.25) is 0 Å². The van der Waals surface area contributed by atoms with Gasteiger partial charge in [-0.3, -0.25) is 4.79 Å². The van der Waals surface area contributed by atoms with Crippen LogP contribution in [0.15, 0.2) is 18.5 Å². The smallest absolute Gasteiger partial charge is 0.253 e. The maximum absolute atomic E-state index is 13.5. The topological polar surface area (TPSA) is 57.8 Å². The van der Waals surface area contributed by atoms with E-state index >= 15 is 0 Å². The van der Waals surface area contributed by atoms with E-state index in [0.29, 0.717) is 22.5 Å². The molecule has 5 heteroatoms. The minimum Gasteiger partial charge on any atom is -0.349 e. The molecule has 2 N–H and O–H groups in total. The maximum Gasteiger partial charge on any atom is 0.253 e. The molecule has 1 amide bonds. The number of carbonyl (C=O) groups is 1. The fourth-order valence-corrected chi connectivity index (χ4v) is 3.02. The van der Waals surface area contributed by atoms with Crippen molar-refractivity contribution in [1.29, 1.82) is 0 Å². The molecule has 0 bridgehead atoms. The number of benzene rings is 1. The summed E-state index contributed by atoms with van der Waals surface area (Å²) < 4.78 is 13.5. The molecule has 0 saturated heterocycles. The Morgan fingerprint density at radius 1 is 1.45 bits per heavy atom. The van der Waals surface area contributed by atoms with Gasteiger partial charge in [-0.15, -0.1) is 0 Å². The summed E-state index contributed by atoms with van der Waals surface area (Å²) >= 11 is 0. The van der Waals surface area contributed by atoms with Crippen molar-refractivity contribution >= 4 is 16.9 Å². The Balaban J connectivity index is 1.83. The van der Waals surface area contributed by atoms with Gasteiger partial charge in [0.1, 0.15) is 11.3 Å². The zero-order chi connectivity index (χ0) is 14.1. The second-order valence-electron chi connectivity index (χ2n) is 5.69. The van der Waals surface area contributed by atoms with Gasteiger partial charge in [-0.05, 0) is 30.9 Å². The molecule has 0 aliphatic heterocycles. The van der Waals surface area contributed by atoms with Gasteiger partial charge in [-0.25, -0.2) is 9.37 Å². The van der Waals surface area contributed by atoms with Crippen LogP contribution in [0.2, 0.25) is 0 Å². The first kappa shape index (κ1) is 13.1. The Labute approximate surface area is 116 Å². The number of hydrogen-bond acceptors (Lipinski definition) is 2. The molecule has 0 radical (unpaired) electrons. The molecule has 1 aliphatic carbocycles. The molecular weight excluding hydrogens is 257 g/mol. The number of halogens is 1. The lowest BCUT2D eigenvalue weighted by Gasteiger charge is -2.27. The van der Waals surface area contributed by atoms with E-state index < -0.39 is 5.82 Å². The predicted octanol–water partition coefficient (Wildman–Crippen LogP) is 3.01. The number of aromatic nitrogens is 2. The van der Waals surface area contributed by atoms with Crippen LogP contribution < -0.4 is 5.32 Å². The van der Waals surface area contributed by atoms with Crippen LogP contribution in [0.25, 0.3) is 11.0 Å². The van der Waals surface area contributed by atoms with Crippen LogP contribution in [0.1, 0.15) is 43.0 Å². The summed E-state index contributed by atoms with van der Waals surface area (Å²) in [6.07, 6.45) is 5.81. The molecule has 1 aliphatic rings. The summed E-state index contributed by atoms with van der Waals surface area (Å²) in [6, 6.07) is 2.79. The summed E-state index contributed by atoms with van der Waals surface area (Å²) in [5, 5.41) is 3.02. The number of carbonyl (C=O) groups excluding carboxylic acids is 1. The average Bonchev–Trinajstić information content (AvgIpc) is 2.85. The lowest BCUT2D eigenvalue weighted by Crippen LogP contribution is -2.38. The summed E-state index contributed by atoms with van der Waals surface area (Å²) in [7, 11) is 0. The van der Waals surface area contributed by atoms with Crippen molar-refractivity contribution in [2.75, 3.05) is 0 Å². The molecule has 4 nitrogen and oxygen atoms in total. The van der Waals surface area contributed by atoms with Crippen molar-refractivity contribution in [1.82, 2.24) is 15.3 Å². The molecule has 1 heterocycles. The van der Waals surface area contributed by atoms with E-state index in [0.717, 1.165) is 19.3 Å². The van der Waals surface area contributed by atoms with Gasteiger partial charge in [0.25, 0.3) is 5.91 Å².